The van der Waals surface area contributed by atoms with E-state index in [4.69, 9.17) is 9.26 Å². The number of piperidine rings is 1. The summed E-state index contributed by atoms with van der Waals surface area (Å²) in [7, 11) is 1.64. The van der Waals surface area contributed by atoms with E-state index in [0.717, 1.165) is 35.8 Å². The van der Waals surface area contributed by atoms with Crippen LogP contribution in [0.3, 0.4) is 0 Å². The molecular formula is C19H20N4O2. The van der Waals surface area contributed by atoms with E-state index in [1.165, 1.54) is 19.3 Å². The average Bonchev–Trinajstić information content (AvgIpc) is 3.19. The third-order valence-electron chi connectivity index (χ3n) is 4.45. The van der Waals surface area contributed by atoms with Gasteiger partial charge in [0.1, 0.15) is 11.6 Å². The van der Waals surface area contributed by atoms with Crippen LogP contribution in [0.2, 0.25) is 0 Å². The second kappa shape index (κ2) is 6.93. The van der Waals surface area contributed by atoms with Crippen molar-refractivity contribution in [2.45, 2.75) is 19.3 Å². The Bertz CT molecular complexity index is 839. The summed E-state index contributed by atoms with van der Waals surface area (Å²) < 4.78 is 10.7. The predicted octanol–water partition coefficient (Wildman–Crippen LogP) is 3.80. The van der Waals surface area contributed by atoms with Crippen molar-refractivity contribution in [2.24, 2.45) is 0 Å². The number of ether oxygens (including phenoxy) is 1. The van der Waals surface area contributed by atoms with E-state index >= 15 is 0 Å². The highest BCUT2D eigenvalue weighted by atomic mass is 16.5. The van der Waals surface area contributed by atoms with Gasteiger partial charge in [-0.05, 0) is 55.7 Å². The Morgan fingerprint density at radius 1 is 1.04 bits per heavy atom. The zero-order valence-electron chi connectivity index (χ0n) is 14.2. The third-order valence-corrected chi connectivity index (χ3v) is 4.45. The fraction of sp³-hybridized carbons (Fsp3) is 0.316. The normalized spacial score (nSPS) is 14.5. The monoisotopic (exact) mass is 336 g/mol. The van der Waals surface area contributed by atoms with Crippen molar-refractivity contribution < 1.29 is 9.26 Å². The van der Waals surface area contributed by atoms with Crippen LogP contribution in [0.1, 0.15) is 19.3 Å². The Morgan fingerprint density at radius 3 is 2.60 bits per heavy atom. The fourth-order valence-corrected chi connectivity index (χ4v) is 3.11. The van der Waals surface area contributed by atoms with Crippen LogP contribution in [0.5, 0.6) is 5.75 Å². The Balaban J connectivity index is 1.65. The molecule has 4 rings (SSSR count). The number of aromatic nitrogens is 3. The van der Waals surface area contributed by atoms with Gasteiger partial charge in [0, 0.05) is 24.8 Å². The number of nitrogens with zero attached hydrogens (tertiary/aromatic N) is 4. The van der Waals surface area contributed by atoms with Gasteiger partial charge in [-0.15, -0.1) is 0 Å². The standard InChI is InChI=1S/C19H20N4O2/c1-24-15-9-7-14(8-10-15)17-21-19(25-22-17)16-6-5-11-20-18(16)23-12-3-2-4-13-23/h5-11H,2-4,12-13H2,1H3. The quantitative estimate of drug-likeness (QED) is 0.722. The second-order valence-electron chi connectivity index (χ2n) is 6.07. The number of pyridine rings is 1. The van der Waals surface area contributed by atoms with E-state index in [1.54, 1.807) is 7.11 Å². The summed E-state index contributed by atoms with van der Waals surface area (Å²) in [4.78, 5) is 11.4. The van der Waals surface area contributed by atoms with Gasteiger partial charge in [-0.25, -0.2) is 4.98 Å². The van der Waals surface area contributed by atoms with E-state index in [9.17, 15) is 0 Å². The van der Waals surface area contributed by atoms with Gasteiger partial charge in [0.15, 0.2) is 0 Å². The molecule has 0 atom stereocenters. The number of anilines is 1. The van der Waals surface area contributed by atoms with Crippen LogP contribution >= 0.6 is 0 Å². The van der Waals surface area contributed by atoms with Crippen molar-refractivity contribution in [3.05, 3.63) is 42.6 Å². The molecule has 6 heteroatoms. The molecule has 0 bridgehead atoms. The van der Waals surface area contributed by atoms with Gasteiger partial charge in [0.25, 0.3) is 5.89 Å². The molecule has 0 amide bonds. The molecule has 1 aliphatic heterocycles. The zero-order valence-corrected chi connectivity index (χ0v) is 14.2. The Morgan fingerprint density at radius 2 is 1.84 bits per heavy atom. The largest absolute Gasteiger partial charge is 0.497 e. The second-order valence-corrected chi connectivity index (χ2v) is 6.07. The first-order valence-electron chi connectivity index (χ1n) is 8.53. The van der Waals surface area contributed by atoms with E-state index in [-0.39, 0.29) is 0 Å². The first-order chi connectivity index (χ1) is 12.3. The molecule has 2 aromatic heterocycles. The number of methoxy groups -OCH3 is 1. The van der Waals surface area contributed by atoms with Gasteiger partial charge in [-0.2, -0.15) is 4.98 Å². The average molecular weight is 336 g/mol. The smallest absolute Gasteiger partial charge is 0.261 e. The molecule has 0 spiro atoms. The SMILES string of the molecule is COc1ccc(-c2noc(-c3cccnc3N3CCCCC3)n2)cc1. The topological polar surface area (TPSA) is 64.3 Å². The molecule has 0 unspecified atom stereocenters. The van der Waals surface area contributed by atoms with Crippen LogP contribution in [-0.4, -0.2) is 35.3 Å². The van der Waals surface area contributed by atoms with E-state index < -0.39 is 0 Å². The zero-order chi connectivity index (χ0) is 17.1. The van der Waals surface area contributed by atoms with Gasteiger partial charge in [-0.1, -0.05) is 5.16 Å². The van der Waals surface area contributed by atoms with Crippen molar-refractivity contribution in [3.8, 4) is 28.6 Å². The van der Waals surface area contributed by atoms with Crippen LogP contribution in [-0.2, 0) is 0 Å². The lowest BCUT2D eigenvalue weighted by Crippen LogP contribution is -2.30. The highest BCUT2D eigenvalue weighted by molar-refractivity contribution is 5.71. The van der Waals surface area contributed by atoms with Crippen molar-refractivity contribution >= 4 is 5.82 Å². The molecule has 3 heterocycles. The molecular weight excluding hydrogens is 316 g/mol. The van der Waals surface area contributed by atoms with Crippen molar-refractivity contribution in [3.63, 3.8) is 0 Å². The molecule has 0 saturated carbocycles. The lowest BCUT2D eigenvalue weighted by atomic mass is 10.1. The Kier molecular flexibility index (Phi) is 4.33. The molecule has 1 aromatic carbocycles. The maximum atomic E-state index is 5.53. The van der Waals surface area contributed by atoms with E-state index in [2.05, 4.69) is 20.0 Å². The van der Waals surface area contributed by atoms with Crippen LogP contribution in [0.25, 0.3) is 22.8 Å². The van der Waals surface area contributed by atoms with Crippen LogP contribution in [0.4, 0.5) is 5.82 Å². The minimum Gasteiger partial charge on any atom is -0.497 e. The minimum atomic E-state index is 0.500. The van der Waals surface area contributed by atoms with E-state index in [1.807, 2.05) is 42.6 Å². The lowest BCUT2D eigenvalue weighted by molar-refractivity contribution is 0.415. The van der Waals surface area contributed by atoms with Crippen molar-refractivity contribution in [1.29, 1.82) is 0 Å². The molecule has 6 nitrogen and oxygen atoms in total. The maximum Gasteiger partial charge on any atom is 0.261 e. The molecule has 1 fully saturated rings. The summed E-state index contributed by atoms with van der Waals surface area (Å²) in [6, 6.07) is 11.5. The molecule has 128 valence electrons. The first kappa shape index (κ1) is 15.6. The van der Waals surface area contributed by atoms with Gasteiger partial charge in [0.05, 0.1) is 12.7 Å². The van der Waals surface area contributed by atoms with Gasteiger partial charge < -0.3 is 14.2 Å². The van der Waals surface area contributed by atoms with E-state index in [0.29, 0.717) is 11.7 Å². The molecule has 3 aromatic rings. The lowest BCUT2D eigenvalue weighted by Gasteiger charge is -2.28. The van der Waals surface area contributed by atoms with Gasteiger partial charge >= 0.3 is 0 Å². The summed E-state index contributed by atoms with van der Waals surface area (Å²) in [6.45, 7) is 2.03. The molecule has 0 aliphatic carbocycles. The number of benzene rings is 1. The van der Waals surface area contributed by atoms with Crippen molar-refractivity contribution in [2.75, 3.05) is 25.1 Å². The summed E-state index contributed by atoms with van der Waals surface area (Å²) in [5.41, 5.74) is 1.77. The van der Waals surface area contributed by atoms with Crippen molar-refractivity contribution in [1.82, 2.24) is 15.1 Å². The molecule has 25 heavy (non-hydrogen) atoms. The summed E-state index contributed by atoms with van der Waals surface area (Å²) in [6.07, 6.45) is 5.48. The Hall–Kier alpha value is -2.89. The maximum absolute atomic E-state index is 5.53. The van der Waals surface area contributed by atoms with Gasteiger partial charge in [-0.3, -0.25) is 0 Å². The third kappa shape index (κ3) is 3.20. The highest BCUT2D eigenvalue weighted by Gasteiger charge is 2.20. The number of hydrogen-bond acceptors (Lipinski definition) is 6. The summed E-state index contributed by atoms with van der Waals surface area (Å²) in [5.74, 6) is 2.78. The Labute approximate surface area is 146 Å². The van der Waals surface area contributed by atoms with Crippen LogP contribution in [0, 0.1) is 0 Å². The van der Waals surface area contributed by atoms with Gasteiger partial charge in [0.2, 0.25) is 5.82 Å². The predicted molar refractivity (Wildman–Crippen MR) is 95.6 cm³/mol. The highest BCUT2D eigenvalue weighted by Crippen LogP contribution is 2.31. The number of rotatable bonds is 4. The van der Waals surface area contributed by atoms with Crippen LogP contribution in [0.15, 0.2) is 47.1 Å². The van der Waals surface area contributed by atoms with Crippen LogP contribution < -0.4 is 9.64 Å². The number of hydrogen-bond donors (Lipinski definition) is 0. The molecule has 1 aliphatic rings. The molecule has 0 N–H and O–H groups in total. The fourth-order valence-electron chi connectivity index (χ4n) is 3.11. The summed E-state index contributed by atoms with van der Waals surface area (Å²) >= 11 is 0. The minimum absolute atomic E-state index is 0.500. The molecule has 0 radical (unpaired) electrons. The summed E-state index contributed by atoms with van der Waals surface area (Å²) in [5, 5.41) is 4.13. The molecule has 1 saturated heterocycles. The first-order valence-corrected chi connectivity index (χ1v) is 8.53.